The lowest BCUT2D eigenvalue weighted by atomic mass is 10.1. The quantitative estimate of drug-likeness (QED) is 0.791. The summed E-state index contributed by atoms with van der Waals surface area (Å²) in [5.41, 5.74) is 2.44. The van der Waals surface area contributed by atoms with E-state index in [1.807, 2.05) is 12.1 Å². The van der Waals surface area contributed by atoms with Gasteiger partial charge in [0.25, 0.3) is 0 Å². The van der Waals surface area contributed by atoms with Crippen molar-refractivity contribution in [2.75, 3.05) is 7.05 Å². The van der Waals surface area contributed by atoms with Crippen LogP contribution in [0.2, 0.25) is 0 Å². The van der Waals surface area contributed by atoms with Gasteiger partial charge < -0.3 is 0 Å². The maximum atomic E-state index is 11.8. The van der Waals surface area contributed by atoms with Crippen molar-refractivity contribution in [1.29, 1.82) is 0 Å². The first-order valence-corrected chi connectivity index (χ1v) is 10.2. The summed E-state index contributed by atoms with van der Waals surface area (Å²) in [5, 5.41) is 4.28. The van der Waals surface area contributed by atoms with Crippen LogP contribution in [-0.2, 0) is 23.1 Å². The lowest BCUT2D eigenvalue weighted by Gasteiger charge is -2.28. The summed E-state index contributed by atoms with van der Waals surface area (Å²) in [7, 11) is -1.94. The summed E-state index contributed by atoms with van der Waals surface area (Å²) in [4.78, 5) is 2.72. The highest BCUT2D eigenvalue weighted by Gasteiger charge is 2.15. The van der Waals surface area contributed by atoms with Crippen LogP contribution < -0.4 is 4.72 Å². The Hall–Kier alpha value is -1.21. The largest absolute Gasteiger partial charge is 0.292 e. The second kappa shape index (κ2) is 8.06. The van der Waals surface area contributed by atoms with Crippen molar-refractivity contribution in [3.63, 3.8) is 0 Å². The van der Waals surface area contributed by atoms with Crippen molar-refractivity contribution in [3.05, 3.63) is 52.2 Å². The summed E-state index contributed by atoms with van der Waals surface area (Å²) in [5.74, 6) is 0. The number of nitrogens with one attached hydrogen (secondary N) is 1. The van der Waals surface area contributed by atoms with E-state index in [4.69, 9.17) is 0 Å². The maximum absolute atomic E-state index is 11.8. The minimum Gasteiger partial charge on any atom is -0.292 e. The van der Waals surface area contributed by atoms with E-state index in [2.05, 4.69) is 40.3 Å². The summed E-state index contributed by atoms with van der Waals surface area (Å²) >= 11 is 1.71. The molecule has 23 heavy (non-hydrogen) atoms. The summed E-state index contributed by atoms with van der Waals surface area (Å²) in [6, 6.07) is 9.75. The first-order valence-electron chi connectivity index (χ1n) is 7.74. The van der Waals surface area contributed by atoms with Crippen LogP contribution in [0.25, 0.3) is 0 Å². The number of hydrogen-bond donors (Lipinski definition) is 1. The molecule has 0 bridgehead atoms. The van der Waals surface area contributed by atoms with Crippen molar-refractivity contribution in [1.82, 2.24) is 9.62 Å². The van der Waals surface area contributed by atoms with E-state index in [0.717, 1.165) is 25.1 Å². The first kappa shape index (κ1) is 18.1. The van der Waals surface area contributed by atoms with Gasteiger partial charge in [-0.05, 0) is 60.5 Å². The normalized spacial score (nSPS) is 13.4. The topological polar surface area (TPSA) is 49.4 Å². The van der Waals surface area contributed by atoms with Gasteiger partial charge in [-0.1, -0.05) is 19.1 Å². The fourth-order valence-electron chi connectivity index (χ4n) is 2.37. The van der Waals surface area contributed by atoms with E-state index in [9.17, 15) is 8.42 Å². The van der Waals surface area contributed by atoms with E-state index in [0.29, 0.717) is 10.9 Å². The molecule has 1 atom stereocenters. The molecule has 1 heterocycles. The van der Waals surface area contributed by atoms with Crippen molar-refractivity contribution in [3.8, 4) is 0 Å². The van der Waals surface area contributed by atoms with Gasteiger partial charge in [0.15, 0.2) is 0 Å². The molecule has 0 aliphatic rings. The van der Waals surface area contributed by atoms with E-state index < -0.39 is 10.0 Å². The summed E-state index contributed by atoms with van der Waals surface area (Å²) in [6.45, 7) is 6.14. The van der Waals surface area contributed by atoms with Crippen molar-refractivity contribution in [2.24, 2.45) is 0 Å². The van der Waals surface area contributed by atoms with Gasteiger partial charge in [-0.2, -0.15) is 11.3 Å². The Balaban J connectivity index is 2.13. The third-order valence-corrected chi connectivity index (χ3v) is 6.23. The summed E-state index contributed by atoms with van der Waals surface area (Å²) < 4.78 is 25.9. The van der Waals surface area contributed by atoms with Crippen LogP contribution in [0.4, 0.5) is 0 Å². The molecule has 0 aliphatic heterocycles. The van der Waals surface area contributed by atoms with Gasteiger partial charge in [-0.15, -0.1) is 0 Å². The number of benzene rings is 1. The molecule has 0 saturated carbocycles. The number of rotatable bonds is 8. The average Bonchev–Trinajstić information content (AvgIpc) is 3.07. The number of sulfonamides is 1. The van der Waals surface area contributed by atoms with Crippen LogP contribution in [0, 0.1) is 0 Å². The molecule has 0 spiro atoms. The first-order chi connectivity index (χ1) is 11.0. The lowest BCUT2D eigenvalue weighted by molar-refractivity contribution is 0.186. The van der Waals surface area contributed by atoms with Gasteiger partial charge in [0, 0.05) is 19.1 Å². The Morgan fingerprint density at radius 3 is 2.30 bits per heavy atom. The Labute approximate surface area is 143 Å². The Bertz CT molecular complexity index is 695. The highest BCUT2D eigenvalue weighted by Crippen LogP contribution is 2.18. The number of nitrogens with zero attached hydrogens (tertiary/aromatic N) is 1. The van der Waals surface area contributed by atoms with Gasteiger partial charge in [0.05, 0.1) is 4.90 Å². The van der Waals surface area contributed by atoms with Crippen LogP contribution in [0.5, 0.6) is 0 Å². The van der Waals surface area contributed by atoms with Crippen molar-refractivity contribution in [2.45, 2.75) is 44.3 Å². The molecule has 1 aromatic carbocycles. The molecule has 126 valence electrons. The van der Waals surface area contributed by atoms with Crippen LogP contribution in [0.15, 0.2) is 46.0 Å². The van der Waals surface area contributed by atoms with Gasteiger partial charge in [0.2, 0.25) is 10.0 Å². The third kappa shape index (κ3) is 4.88. The van der Waals surface area contributed by atoms with E-state index in [1.165, 1.54) is 12.6 Å². The maximum Gasteiger partial charge on any atom is 0.240 e. The highest BCUT2D eigenvalue weighted by atomic mass is 32.2. The zero-order valence-corrected chi connectivity index (χ0v) is 15.5. The zero-order chi connectivity index (χ0) is 16.9. The molecule has 2 rings (SSSR count). The molecule has 0 radical (unpaired) electrons. The predicted molar refractivity (Wildman–Crippen MR) is 96.0 cm³/mol. The Morgan fingerprint density at radius 1 is 1.13 bits per heavy atom. The van der Waals surface area contributed by atoms with Crippen molar-refractivity contribution >= 4 is 21.4 Å². The molecule has 0 amide bonds. The molecule has 6 heteroatoms. The third-order valence-electron chi connectivity index (χ3n) is 4.07. The molecule has 0 saturated heterocycles. The fraction of sp³-hybridized carbons (Fsp3) is 0.412. The second-order valence-corrected chi connectivity index (χ2v) is 8.31. The van der Waals surface area contributed by atoms with E-state index in [1.54, 1.807) is 23.5 Å². The average molecular weight is 353 g/mol. The van der Waals surface area contributed by atoms with Gasteiger partial charge in [-0.25, -0.2) is 13.1 Å². The van der Waals surface area contributed by atoms with Crippen LogP contribution >= 0.6 is 11.3 Å². The minimum atomic E-state index is -3.37. The molecule has 1 N–H and O–H groups in total. The SMILES string of the molecule is CC[C@@H](C)N(Cc1ccc(S(=O)(=O)NC)cc1)Cc1ccsc1. The molecule has 0 aliphatic carbocycles. The highest BCUT2D eigenvalue weighted by molar-refractivity contribution is 7.89. The standard InChI is InChI=1S/C17H24N2O2S2/c1-4-14(2)19(12-16-9-10-22-13-16)11-15-5-7-17(8-6-15)23(20,21)18-3/h5-10,13-14,18H,4,11-12H2,1-3H3/t14-/m1/s1. The molecular formula is C17H24N2O2S2. The predicted octanol–water partition coefficient (Wildman–Crippen LogP) is 3.46. The summed E-state index contributed by atoms with van der Waals surface area (Å²) in [6.07, 6.45) is 1.08. The monoisotopic (exact) mass is 352 g/mol. The van der Waals surface area contributed by atoms with E-state index in [-0.39, 0.29) is 0 Å². The van der Waals surface area contributed by atoms with Crippen molar-refractivity contribution < 1.29 is 8.42 Å². The molecule has 0 unspecified atom stereocenters. The Kier molecular flexibility index (Phi) is 6.35. The van der Waals surface area contributed by atoms with Crippen LogP contribution in [-0.4, -0.2) is 26.4 Å². The number of hydrogen-bond acceptors (Lipinski definition) is 4. The van der Waals surface area contributed by atoms with E-state index >= 15 is 0 Å². The van der Waals surface area contributed by atoms with Gasteiger partial charge >= 0.3 is 0 Å². The fourth-order valence-corrected chi connectivity index (χ4v) is 3.76. The Morgan fingerprint density at radius 2 is 1.78 bits per heavy atom. The van der Waals surface area contributed by atoms with Crippen LogP contribution in [0.3, 0.4) is 0 Å². The van der Waals surface area contributed by atoms with Gasteiger partial charge in [-0.3, -0.25) is 4.90 Å². The molecule has 4 nitrogen and oxygen atoms in total. The second-order valence-electron chi connectivity index (χ2n) is 5.65. The van der Waals surface area contributed by atoms with Crippen LogP contribution in [0.1, 0.15) is 31.4 Å². The zero-order valence-electron chi connectivity index (χ0n) is 13.8. The lowest BCUT2D eigenvalue weighted by Crippen LogP contribution is -2.31. The molecule has 2 aromatic rings. The minimum absolute atomic E-state index is 0.302. The molecule has 0 fully saturated rings. The molecule has 1 aromatic heterocycles. The smallest absolute Gasteiger partial charge is 0.240 e. The van der Waals surface area contributed by atoms with Gasteiger partial charge in [0.1, 0.15) is 0 Å². The number of thiophene rings is 1. The molecular weight excluding hydrogens is 328 g/mol.